The van der Waals surface area contributed by atoms with Crippen LogP contribution in [0.5, 0.6) is 0 Å². The van der Waals surface area contributed by atoms with Crippen LogP contribution in [0.4, 0.5) is 0 Å². The van der Waals surface area contributed by atoms with Crippen molar-refractivity contribution in [1.29, 1.82) is 0 Å². The Bertz CT molecular complexity index is 411. The monoisotopic (exact) mass is 258 g/mol. The number of ether oxygens (including phenoxy) is 1. The second kappa shape index (κ2) is 5.92. The molecule has 1 rings (SSSR count). The summed E-state index contributed by atoms with van der Waals surface area (Å²) >= 11 is 11.7. The Kier molecular flexibility index (Phi) is 4.84. The molecule has 0 aromatic heterocycles. The van der Waals surface area contributed by atoms with E-state index in [1.807, 2.05) is 0 Å². The van der Waals surface area contributed by atoms with Gasteiger partial charge < -0.3 is 4.74 Å². The normalized spacial score (nSPS) is 11.1. The standard InChI is InChI=1S/C12H12Cl2O2/c1-8(2)16-12(15)6-4-9-3-5-10(13)7-11(9)14/h3-8H,1-2H3/b6-4+. The van der Waals surface area contributed by atoms with E-state index in [1.54, 1.807) is 38.1 Å². The van der Waals surface area contributed by atoms with Crippen LogP contribution < -0.4 is 0 Å². The van der Waals surface area contributed by atoms with Gasteiger partial charge in [-0.3, -0.25) is 0 Å². The van der Waals surface area contributed by atoms with E-state index in [1.165, 1.54) is 6.08 Å². The third-order valence-electron chi connectivity index (χ3n) is 1.71. The van der Waals surface area contributed by atoms with Gasteiger partial charge in [0.15, 0.2) is 0 Å². The van der Waals surface area contributed by atoms with Crippen LogP contribution in [0.3, 0.4) is 0 Å². The van der Waals surface area contributed by atoms with Crippen LogP contribution in [-0.4, -0.2) is 12.1 Å². The van der Waals surface area contributed by atoms with E-state index in [0.29, 0.717) is 10.0 Å². The molecule has 0 bridgehead atoms. The Morgan fingerprint density at radius 2 is 2.06 bits per heavy atom. The molecule has 0 aliphatic rings. The summed E-state index contributed by atoms with van der Waals surface area (Å²) < 4.78 is 4.94. The van der Waals surface area contributed by atoms with E-state index in [0.717, 1.165) is 5.56 Å². The van der Waals surface area contributed by atoms with Gasteiger partial charge in [0, 0.05) is 16.1 Å². The summed E-state index contributed by atoms with van der Waals surface area (Å²) in [6.07, 6.45) is 2.82. The molecular weight excluding hydrogens is 247 g/mol. The number of carbonyl (C=O) groups excluding carboxylic acids is 1. The van der Waals surface area contributed by atoms with Crippen LogP contribution in [0.1, 0.15) is 19.4 Å². The Balaban J connectivity index is 2.73. The Morgan fingerprint density at radius 1 is 1.38 bits per heavy atom. The molecule has 86 valence electrons. The number of benzene rings is 1. The van der Waals surface area contributed by atoms with Gasteiger partial charge in [-0.15, -0.1) is 0 Å². The van der Waals surface area contributed by atoms with Gasteiger partial charge in [0.05, 0.1) is 6.10 Å². The molecule has 16 heavy (non-hydrogen) atoms. The Hall–Kier alpha value is -0.990. The molecule has 1 aromatic carbocycles. The van der Waals surface area contributed by atoms with Crippen LogP contribution >= 0.6 is 23.2 Å². The molecule has 4 heteroatoms. The third-order valence-corrected chi connectivity index (χ3v) is 2.28. The molecule has 0 fully saturated rings. The van der Waals surface area contributed by atoms with Gasteiger partial charge >= 0.3 is 5.97 Å². The molecule has 0 aliphatic heterocycles. The second-order valence-corrected chi connectivity index (χ2v) is 4.33. The van der Waals surface area contributed by atoms with E-state index in [9.17, 15) is 4.79 Å². The maximum atomic E-state index is 11.2. The Labute approximate surface area is 105 Å². The molecular formula is C12H12Cl2O2. The van der Waals surface area contributed by atoms with Crippen molar-refractivity contribution >= 4 is 35.2 Å². The lowest BCUT2D eigenvalue weighted by atomic mass is 10.2. The van der Waals surface area contributed by atoms with Crippen molar-refractivity contribution in [1.82, 2.24) is 0 Å². The molecule has 0 saturated carbocycles. The molecule has 0 N–H and O–H groups in total. The molecule has 2 nitrogen and oxygen atoms in total. The van der Waals surface area contributed by atoms with E-state index >= 15 is 0 Å². The van der Waals surface area contributed by atoms with Crippen LogP contribution in [0.25, 0.3) is 6.08 Å². The molecule has 0 amide bonds. The van der Waals surface area contributed by atoms with Gasteiger partial charge in [-0.05, 0) is 37.6 Å². The van der Waals surface area contributed by atoms with Crippen molar-refractivity contribution in [3.05, 3.63) is 39.9 Å². The minimum Gasteiger partial charge on any atom is -0.460 e. The second-order valence-electron chi connectivity index (χ2n) is 3.48. The fraction of sp³-hybridized carbons (Fsp3) is 0.250. The minimum absolute atomic E-state index is 0.127. The largest absolute Gasteiger partial charge is 0.460 e. The van der Waals surface area contributed by atoms with Crippen molar-refractivity contribution in [3.63, 3.8) is 0 Å². The van der Waals surface area contributed by atoms with Crippen LogP contribution in [-0.2, 0) is 9.53 Å². The molecule has 0 atom stereocenters. The van der Waals surface area contributed by atoms with Crippen molar-refractivity contribution in [2.24, 2.45) is 0 Å². The number of halogens is 2. The van der Waals surface area contributed by atoms with Crippen LogP contribution in [0.15, 0.2) is 24.3 Å². The summed E-state index contributed by atoms with van der Waals surface area (Å²) in [7, 11) is 0. The minimum atomic E-state index is -0.388. The van der Waals surface area contributed by atoms with Gasteiger partial charge in [-0.1, -0.05) is 29.3 Å². The molecule has 1 aromatic rings. The zero-order chi connectivity index (χ0) is 12.1. The maximum Gasteiger partial charge on any atom is 0.331 e. The van der Waals surface area contributed by atoms with Crippen molar-refractivity contribution in [2.45, 2.75) is 20.0 Å². The van der Waals surface area contributed by atoms with Crippen LogP contribution in [0, 0.1) is 0 Å². The lowest BCUT2D eigenvalue weighted by Crippen LogP contribution is -2.08. The third kappa shape index (κ3) is 4.25. The highest BCUT2D eigenvalue weighted by Gasteiger charge is 2.01. The highest BCUT2D eigenvalue weighted by atomic mass is 35.5. The first-order valence-electron chi connectivity index (χ1n) is 4.83. The summed E-state index contributed by atoms with van der Waals surface area (Å²) in [4.78, 5) is 11.2. The average Bonchev–Trinajstić information content (AvgIpc) is 2.15. The molecule has 0 aliphatic carbocycles. The van der Waals surface area contributed by atoms with Gasteiger partial charge in [0.2, 0.25) is 0 Å². The lowest BCUT2D eigenvalue weighted by Gasteiger charge is -2.04. The first kappa shape index (κ1) is 13.1. The Morgan fingerprint density at radius 3 is 2.62 bits per heavy atom. The SMILES string of the molecule is CC(C)OC(=O)/C=C/c1ccc(Cl)cc1Cl. The highest BCUT2D eigenvalue weighted by Crippen LogP contribution is 2.21. The van der Waals surface area contributed by atoms with E-state index in [-0.39, 0.29) is 12.1 Å². The summed E-state index contributed by atoms with van der Waals surface area (Å²) in [6, 6.07) is 5.07. The predicted octanol–water partition coefficient (Wildman–Crippen LogP) is 3.96. The fourth-order valence-corrected chi connectivity index (χ4v) is 1.54. The van der Waals surface area contributed by atoms with Gasteiger partial charge in [0.1, 0.15) is 0 Å². The first-order valence-corrected chi connectivity index (χ1v) is 5.58. The predicted molar refractivity (Wildman–Crippen MR) is 66.7 cm³/mol. The first-order chi connectivity index (χ1) is 7.49. The molecule has 0 radical (unpaired) electrons. The zero-order valence-corrected chi connectivity index (χ0v) is 10.5. The number of carbonyl (C=O) groups is 1. The summed E-state index contributed by atoms with van der Waals surface area (Å²) in [5.41, 5.74) is 0.728. The van der Waals surface area contributed by atoms with E-state index < -0.39 is 0 Å². The van der Waals surface area contributed by atoms with E-state index in [2.05, 4.69) is 0 Å². The van der Waals surface area contributed by atoms with Crippen molar-refractivity contribution < 1.29 is 9.53 Å². The average molecular weight is 259 g/mol. The number of esters is 1. The summed E-state index contributed by atoms with van der Waals surface area (Å²) in [6.45, 7) is 3.59. The summed E-state index contributed by atoms with van der Waals surface area (Å²) in [5, 5.41) is 1.06. The quantitative estimate of drug-likeness (QED) is 0.606. The molecule has 0 heterocycles. The number of hydrogen-bond donors (Lipinski definition) is 0. The number of hydrogen-bond acceptors (Lipinski definition) is 2. The number of rotatable bonds is 3. The topological polar surface area (TPSA) is 26.3 Å². The smallest absolute Gasteiger partial charge is 0.331 e. The molecule has 0 saturated heterocycles. The molecule has 0 spiro atoms. The van der Waals surface area contributed by atoms with Crippen LogP contribution in [0.2, 0.25) is 10.0 Å². The maximum absolute atomic E-state index is 11.2. The summed E-state index contributed by atoms with van der Waals surface area (Å²) in [5.74, 6) is -0.388. The zero-order valence-electron chi connectivity index (χ0n) is 9.04. The molecule has 0 unspecified atom stereocenters. The van der Waals surface area contributed by atoms with Gasteiger partial charge in [-0.2, -0.15) is 0 Å². The van der Waals surface area contributed by atoms with Crippen molar-refractivity contribution in [2.75, 3.05) is 0 Å². The van der Waals surface area contributed by atoms with Gasteiger partial charge in [0.25, 0.3) is 0 Å². The lowest BCUT2D eigenvalue weighted by molar-refractivity contribution is -0.141. The van der Waals surface area contributed by atoms with Crippen molar-refractivity contribution in [3.8, 4) is 0 Å². The van der Waals surface area contributed by atoms with Gasteiger partial charge in [-0.25, -0.2) is 4.79 Å². The van der Waals surface area contributed by atoms with E-state index in [4.69, 9.17) is 27.9 Å². The highest BCUT2D eigenvalue weighted by molar-refractivity contribution is 6.35. The fourth-order valence-electron chi connectivity index (χ4n) is 1.07.